The number of allylic oxidation sites excluding steroid dienone is 2. The molecular weight excluding hydrogens is 433 g/mol. The average molecular weight is 449 g/mol. The summed E-state index contributed by atoms with van der Waals surface area (Å²) < 4.78 is 14.8. The minimum Gasteiger partial charge on any atom is -0.382 e. The average Bonchev–Trinajstić information content (AvgIpc) is 2.67. The van der Waals surface area contributed by atoms with E-state index in [4.69, 9.17) is 21.7 Å². The molecule has 0 fully saturated rings. The van der Waals surface area contributed by atoms with Crippen molar-refractivity contribution in [2.24, 2.45) is 0 Å². The summed E-state index contributed by atoms with van der Waals surface area (Å²) in [7, 11) is 0. The Hall–Kier alpha value is -2.17. The zero-order valence-electron chi connectivity index (χ0n) is 14.2. The summed E-state index contributed by atoms with van der Waals surface area (Å²) in [6.45, 7) is 0.831. The molecule has 2 aromatic carbocycles. The van der Waals surface area contributed by atoms with Crippen molar-refractivity contribution in [3.8, 4) is 6.07 Å². The Morgan fingerprint density at radius 2 is 2.04 bits per heavy atom. The second-order valence-electron chi connectivity index (χ2n) is 5.91. The standard InChI is InChI=1S/C20H16BrClFN3O/c21-16-5-8-19(25-11-16)20(14-3-6-17(22)7-4-14)26-27-12-13-1-2-15(10-24)18(23)9-13/h1-9,20,25-26H,11-12H2. The Bertz CT molecular complexity index is 922. The summed E-state index contributed by atoms with van der Waals surface area (Å²) in [5.41, 5.74) is 5.58. The molecule has 0 aliphatic carbocycles. The van der Waals surface area contributed by atoms with Crippen molar-refractivity contribution in [2.45, 2.75) is 12.6 Å². The topological polar surface area (TPSA) is 57.1 Å². The molecule has 0 spiro atoms. The minimum absolute atomic E-state index is 0.0136. The molecule has 1 heterocycles. The van der Waals surface area contributed by atoms with Crippen molar-refractivity contribution >= 4 is 27.5 Å². The number of nitrogens with one attached hydrogen (secondary N) is 2. The monoisotopic (exact) mass is 447 g/mol. The van der Waals surface area contributed by atoms with Gasteiger partial charge in [0.15, 0.2) is 0 Å². The first-order chi connectivity index (χ1) is 13.1. The first-order valence-corrected chi connectivity index (χ1v) is 9.35. The molecule has 1 atom stereocenters. The molecule has 3 rings (SSSR count). The van der Waals surface area contributed by atoms with Crippen molar-refractivity contribution in [1.29, 1.82) is 5.26 Å². The third-order valence-electron chi connectivity index (χ3n) is 4.01. The number of nitrogens with zero attached hydrogens (tertiary/aromatic N) is 1. The zero-order chi connectivity index (χ0) is 19.2. The van der Waals surface area contributed by atoms with Gasteiger partial charge in [-0.3, -0.25) is 4.84 Å². The second kappa shape index (κ2) is 9.16. The lowest BCUT2D eigenvalue weighted by Gasteiger charge is -2.25. The molecule has 2 aromatic rings. The summed E-state index contributed by atoms with van der Waals surface area (Å²) in [5, 5.41) is 12.8. The third-order valence-corrected chi connectivity index (χ3v) is 4.81. The molecule has 0 radical (unpaired) electrons. The Morgan fingerprint density at radius 1 is 1.26 bits per heavy atom. The molecule has 0 bridgehead atoms. The van der Waals surface area contributed by atoms with E-state index in [1.54, 1.807) is 12.1 Å². The number of dihydropyridines is 1. The number of halogens is 3. The normalized spacial score (nSPS) is 14.6. The Labute approximate surface area is 170 Å². The van der Waals surface area contributed by atoms with Gasteiger partial charge in [-0.25, -0.2) is 4.39 Å². The molecule has 7 heteroatoms. The fraction of sp³-hybridized carbons (Fsp3) is 0.150. The van der Waals surface area contributed by atoms with E-state index in [1.807, 2.05) is 36.4 Å². The number of hydrogen-bond donors (Lipinski definition) is 2. The quantitative estimate of drug-likeness (QED) is 0.619. The van der Waals surface area contributed by atoms with Crippen LogP contribution < -0.4 is 10.8 Å². The van der Waals surface area contributed by atoms with Crippen molar-refractivity contribution in [2.75, 3.05) is 6.54 Å². The largest absolute Gasteiger partial charge is 0.382 e. The SMILES string of the molecule is N#Cc1ccc(CONC(C2=CC=C(Br)CN2)c2ccc(Cl)cc2)cc1F. The van der Waals surface area contributed by atoms with Crippen LogP contribution in [0.1, 0.15) is 22.7 Å². The zero-order valence-corrected chi connectivity index (χ0v) is 16.5. The van der Waals surface area contributed by atoms with E-state index in [2.05, 4.69) is 26.7 Å². The first-order valence-electron chi connectivity index (χ1n) is 8.18. The lowest BCUT2D eigenvalue weighted by atomic mass is 10.0. The molecule has 27 heavy (non-hydrogen) atoms. The second-order valence-corrected chi connectivity index (χ2v) is 7.36. The molecule has 0 saturated carbocycles. The van der Waals surface area contributed by atoms with Gasteiger partial charge in [-0.2, -0.15) is 10.7 Å². The van der Waals surface area contributed by atoms with Gasteiger partial charge in [0.2, 0.25) is 0 Å². The van der Waals surface area contributed by atoms with E-state index in [1.165, 1.54) is 12.1 Å². The van der Waals surface area contributed by atoms with E-state index in [0.717, 1.165) is 15.7 Å². The Balaban J connectivity index is 1.73. The van der Waals surface area contributed by atoms with Crippen molar-refractivity contribution in [3.63, 3.8) is 0 Å². The van der Waals surface area contributed by atoms with Gasteiger partial charge in [-0.05, 0) is 47.5 Å². The fourth-order valence-electron chi connectivity index (χ4n) is 2.60. The molecular formula is C20H16BrClFN3O. The lowest BCUT2D eigenvalue weighted by Crippen LogP contribution is -2.31. The van der Waals surface area contributed by atoms with Crippen LogP contribution in [0.2, 0.25) is 5.02 Å². The first kappa shape index (κ1) is 19.6. The maximum absolute atomic E-state index is 13.7. The maximum atomic E-state index is 13.7. The maximum Gasteiger partial charge on any atom is 0.141 e. The Kier molecular flexibility index (Phi) is 6.64. The lowest BCUT2D eigenvalue weighted by molar-refractivity contribution is 0.00935. The van der Waals surface area contributed by atoms with Crippen LogP contribution in [-0.2, 0) is 11.4 Å². The van der Waals surface area contributed by atoms with Gasteiger partial charge in [0, 0.05) is 21.7 Å². The van der Waals surface area contributed by atoms with Crippen LogP contribution in [0, 0.1) is 17.1 Å². The van der Waals surface area contributed by atoms with Crippen LogP contribution in [0.4, 0.5) is 4.39 Å². The molecule has 138 valence electrons. The van der Waals surface area contributed by atoms with E-state index in [0.29, 0.717) is 17.1 Å². The predicted octanol–water partition coefficient (Wildman–Crippen LogP) is 4.88. The molecule has 0 amide bonds. The molecule has 0 aromatic heterocycles. The van der Waals surface area contributed by atoms with Crippen molar-refractivity contribution in [1.82, 2.24) is 10.8 Å². The van der Waals surface area contributed by atoms with Gasteiger partial charge in [-0.15, -0.1) is 0 Å². The highest BCUT2D eigenvalue weighted by atomic mass is 79.9. The van der Waals surface area contributed by atoms with Gasteiger partial charge in [0.1, 0.15) is 11.9 Å². The smallest absolute Gasteiger partial charge is 0.141 e. The van der Waals surface area contributed by atoms with E-state index in [9.17, 15) is 4.39 Å². The number of hydrogen-bond acceptors (Lipinski definition) is 4. The molecule has 0 saturated heterocycles. The van der Waals surface area contributed by atoms with Gasteiger partial charge in [0.25, 0.3) is 0 Å². The summed E-state index contributed by atoms with van der Waals surface area (Å²) in [5.74, 6) is -0.556. The summed E-state index contributed by atoms with van der Waals surface area (Å²) in [6.07, 6.45) is 3.94. The van der Waals surface area contributed by atoms with E-state index in [-0.39, 0.29) is 18.2 Å². The highest BCUT2D eigenvalue weighted by Crippen LogP contribution is 2.25. The van der Waals surface area contributed by atoms with Gasteiger partial charge < -0.3 is 5.32 Å². The molecule has 1 aliphatic heterocycles. The number of rotatable bonds is 6. The van der Waals surface area contributed by atoms with Crippen LogP contribution in [0.15, 0.2) is 64.8 Å². The fourth-order valence-corrected chi connectivity index (χ4v) is 2.99. The summed E-state index contributed by atoms with van der Waals surface area (Å²) in [6, 6.07) is 13.4. The summed E-state index contributed by atoms with van der Waals surface area (Å²) in [4.78, 5) is 5.63. The number of benzene rings is 2. The molecule has 1 aliphatic rings. The highest BCUT2D eigenvalue weighted by Gasteiger charge is 2.18. The highest BCUT2D eigenvalue weighted by molar-refractivity contribution is 9.11. The van der Waals surface area contributed by atoms with Gasteiger partial charge >= 0.3 is 0 Å². The van der Waals surface area contributed by atoms with E-state index < -0.39 is 5.82 Å². The van der Waals surface area contributed by atoms with Crippen LogP contribution in [0.25, 0.3) is 0 Å². The van der Waals surface area contributed by atoms with Crippen LogP contribution in [-0.4, -0.2) is 6.54 Å². The molecule has 4 nitrogen and oxygen atoms in total. The van der Waals surface area contributed by atoms with Crippen LogP contribution in [0.3, 0.4) is 0 Å². The number of nitriles is 1. The van der Waals surface area contributed by atoms with Crippen molar-refractivity contribution < 1.29 is 9.23 Å². The minimum atomic E-state index is -0.556. The van der Waals surface area contributed by atoms with Gasteiger partial charge in [-0.1, -0.05) is 45.7 Å². The van der Waals surface area contributed by atoms with Crippen LogP contribution in [0.5, 0.6) is 0 Å². The van der Waals surface area contributed by atoms with Gasteiger partial charge in [0.05, 0.1) is 18.2 Å². The number of hydroxylamine groups is 1. The van der Waals surface area contributed by atoms with Crippen LogP contribution >= 0.6 is 27.5 Å². The summed E-state index contributed by atoms with van der Waals surface area (Å²) >= 11 is 9.45. The Morgan fingerprint density at radius 3 is 2.67 bits per heavy atom. The third kappa shape index (κ3) is 5.18. The molecule has 2 N–H and O–H groups in total. The van der Waals surface area contributed by atoms with E-state index >= 15 is 0 Å². The molecule has 1 unspecified atom stereocenters. The van der Waals surface area contributed by atoms with Crippen molar-refractivity contribution in [3.05, 3.63) is 92.3 Å². The predicted molar refractivity (Wildman–Crippen MR) is 106 cm³/mol.